The lowest BCUT2D eigenvalue weighted by molar-refractivity contribution is -0.135. The Balaban J connectivity index is 2.43. The van der Waals surface area contributed by atoms with E-state index < -0.39 is 18.5 Å². The van der Waals surface area contributed by atoms with E-state index in [0.29, 0.717) is 15.1 Å². The van der Waals surface area contributed by atoms with Gasteiger partial charge in [0.15, 0.2) is 0 Å². The van der Waals surface area contributed by atoms with Crippen molar-refractivity contribution in [3.8, 4) is 0 Å². The predicted molar refractivity (Wildman–Crippen MR) is 66.8 cm³/mol. The van der Waals surface area contributed by atoms with Crippen LogP contribution in [0.2, 0.25) is 5.02 Å². The maximum Gasteiger partial charge on any atom is 0.389 e. The van der Waals surface area contributed by atoms with Gasteiger partial charge in [0.2, 0.25) is 0 Å². The Kier molecular flexibility index (Phi) is 5.47. The van der Waals surface area contributed by atoms with E-state index >= 15 is 0 Å². The van der Waals surface area contributed by atoms with E-state index in [-0.39, 0.29) is 13.0 Å². The highest BCUT2D eigenvalue weighted by Gasteiger charge is 2.25. The molecule has 0 radical (unpaired) electrons. The number of rotatable bonds is 4. The quantitative estimate of drug-likeness (QED) is 0.816. The fraction of sp³-hybridized carbons (Fsp3) is 0.364. The number of nitrogens with one attached hydrogen (secondary N) is 1. The molecule has 1 rings (SSSR count). The highest BCUT2D eigenvalue weighted by molar-refractivity contribution is 9.10. The molecule has 0 unspecified atom stereocenters. The Morgan fingerprint density at radius 1 is 1.39 bits per heavy atom. The SMILES string of the molecule is O=C(NCCCC(F)(F)F)c1ccc(Cl)c(Br)c1. The molecule has 0 atom stereocenters. The minimum absolute atomic E-state index is 0.0153. The molecule has 0 heterocycles. The first-order valence-corrected chi connectivity index (χ1v) is 6.27. The molecule has 7 heteroatoms. The summed E-state index contributed by atoms with van der Waals surface area (Å²) in [5.74, 6) is -0.422. The Hall–Kier alpha value is -0.750. The molecule has 0 aromatic heterocycles. The highest BCUT2D eigenvalue weighted by atomic mass is 79.9. The summed E-state index contributed by atoms with van der Waals surface area (Å²) in [7, 11) is 0. The van der Waals surface area contributed by atoms with Gasteiger partial charge in [-0.15, -0.1) is 0 Å². The molecule has 18 heavy (non-hydrogen) atoms. The third kappa shape index (κ3) is 5.27. The molecule has 0 saturated carbocycles. The largest absolute Gasteiger partial charge is 0.389 e. The van der Waals surface area contributed by atoms with Gasteiger partial charge in [-0.3, -0.25) is 4.79 Å². The first-order chi connectivity index (χ1) is 8.29. The molecule has 1 aromatic carbocycles. The van der Waals surface area contributed by atoms with Crippen LogP contribution in [0.15, 0.2) is 22.7 Å². The summed E-state index contributed by atoms with van der Waals surface area (Å²) < 4.78 is 36.2. The molecular weight excluding hydrogens is 334 g/mol. The zero-order chi connectivity index (χ0) is 13.8. The lowest BCUT2D eigenvalue weighted by atomic mass is 10.2. The van der Waals surface area contributed by atoms with Crippen molar-refractivity contribution in [1.29, 1.82) is 0 Å². The minimum atomic E-state index is -4.19. The molecule has 2 nitrogen and oxygen atoms in total. The number of alkyl halides is 3. The number of carbonyl (C=O) groups is 1. The van der Waals surface area contributed by atoms with Gasteiger partial charge in [0.1, 0.15) is 0 Å². The summed E-state index contributed by atoms with van der Waals surface area (Å²) in [5.41, 5.74) is 0.346. The van der Waals surface area contributed by atoms with E-state index in [9.17, 15) is 18.0 Å². The molecule has 0 spiro atoms. The lowest BCUT2D eigenvalue weighted by Gasteiger charge is -2.08. The summed E-state index contributed by atoms with van der Waals surface area (Å²) in [6, 6.07) is 4.56. The van der Waals surface area contributed by atoms with Crippen molar-refractivity contribution in [1.82, 2.24) is 5.32 Å². The molecule has 0 fully saturated rings. The van der Waals surface area contributed by atoms with Crippen molar-refractivity contribution in [3.63, 3.8) is 0 Å². The van der Waals surface area contributed by atoms with Gasteiger partial charge in [0.25, 0.3) is 5.91 Å². The van der Waals surface area contributed by atoms with Gasteiger partial charge < -0.3 is 5.32 Å². The minimum Gasteiger partial charge on any atom is -0.352 e. The number of hydrogen-bond acceptors (Lipinski definition) is 1. The molecule has 0 saturated heterocycles. The Labute approximate surface area is 116 Å². The van der Waals surface area contributed by atoms with Crippen LogP contribution < -0.4 is 5.32 Å². The Bertz CT molecular complexity index is 437. The summed E-state index contributed by atoms with van der Waals surface area (Å²) in [5, 5.41) is 2.88. The van der Waals surface area contributed by atoms with Crippen LogP contribution in [0.4, 0.5) is 13.2 Å². The van der Waals surface area contributed by atoms with Crippen LogP contribution >= 0.6 is 27.5 Å². The van der Waals surface area contributed by atoms with Gasteiger partial charge in [0, 0.05) is 23.0 Å². The third-order valence-electron chi connectivity index (χ3n) is 2.10. The summed E-state index contributed by atoms with van der Waals surface area (Å²) in [6.07, 6.45) is -5.23. The van der Waals surface area contributed by atoms with Crippen molar-refractivity contribution >= 4 is 33.4 Å². The topological polar surface area (TPSA) is 29.1 Å². The first-order valence-electron chi connectivity index (χ1n) is 5.09. The second-order valence-electron chi connectivity index (χ2n) is 3.60. The van der Waals surface area contributed by atoms with E-state index in [4.69, 9.17) is 11.6 Å². The average molecular weight is 345 g/mol. The number of carbonyl (C=O) groups excluding carboxylic acids is 1. The molecule has 0 aliphatic rings. The average Bonchev–Trinajstić information content (AvgIpc) is 2.26. The molecule has 0 aliphatic heterocycles. The normalized spacial score (nSPS) is 11.4. The van der Waals surface area contributed by atoms with Crippen molar-refractivity contribution < 1.29 is 18.0 Å². The molecular formula is C11H10BrClF3NO. The van der Waals surface area contributed by atoms with E-state index in [1.807, 2.05) is 0 Å². The molecule has 1 N–H and O–H groups in total. The second-order valence-corrected chi connectivity index (χ2v) is 4.87. The standard InChI is InChI=1S/C11H10BrClF3NO/c12-8-6-7(2-3-9(8)13)10(18)17-5-1-4-11(14,15)16/h2-3,6H,1,4-5H2,(H,17,18). The predicted octanol–water partition coefficient (Wildman–Crippen LogP) is 4.17. The zero-order valence-electron chi connectivity index (χ0n) is 9.15. The number of hydrogen-bond donors (Lipinski definition) is 1. The van der Waals surface area contributed by atoms with E-state index in [1.54, 1.807) is 0 Å². The summed E-state index contributed by atoms with van der Waals surface area (Å²) in [4.78, 5) is 11.6. The summed E-state index contributed by atoms with van der Waals surface area (Å²) in [6.45, 7) is -0.0153. The smallest absolute Gasteiger partial charge is 0.352 e. The van der Waals surface area contributed by atoms with Crippen LogP contribution in [-0.2, 0) is 0 Å². The van der Waals surface area contributed by atoms with Crippen molar-refractivity contribution in [2.24, 2.45) is 0 Å². The fourth-order valence-electron chi connectivity index (χ4n) is 1.23. The van der Waals surface area contributed by atoms with Gasteiger partial charge in [-0.1, -0.05) is 11.6 Å². The van der Waals surface area contributed by atoms with Crippen molar-refractivity contribution in [2.75, 3.05) is 6.54 Å². The van der Waals surface area contributed by atoms with E-state index in [0.717, 1.165) is 0 Å². The van der Waals surface area contributed by atoms with E-state index in [1.165, 1.54) is 18.2 Å². The van der Waals surface area contributed by atoms with Crippen LogP contribution in [0, 0.1) is 0 Å². The second kappa shape index (κ2) is 6.43. The monoisotopic (exact) mass is 343 g/mol. The van der Waals surface area contributed by atoms with Gasteiger partial charge >= 0.3 is 6.18 Å². The molecule has 0 bridgehead atoms. The van der Waals surface area contributed by atoms with Crippen LogP contribution in [0.1, 0.15) is 23.2 Å². The zero-order valence-corrected chi connectivity index (χ0v) is 11.5. The highest BCUT2D eigenvalue weighted by Crippen LogP contribution is 2.23. The van der Waals surface area contributed by atoms with E-state index in [2.05, 4.69) is 21.2 Å². The van der Waals surface area contributed by atoms with Gasteiger partial charge in [-0.2, -0.15) is 13.2 Å². The molecule has 0 aliphatic carbocycles. The number of benzene rings is 1. The van der Waals surface area contributed by atoms with Gasteiger partial charge in [-0.25, -0.2) is 0 Å². The van der Waals surface area contributed by atoms with Crippen LogP contribution in [-0.4, -0.2) is 18.6 Å². The maximum absolute atomic E-state index is 11.9. The van der Waals surface area contributed by atoms with Crippen molar-refractivity contribution in [2.45, 2.75) is 19.0 Å². The third-order valence-corrected chi connectivity index (χ3v) is 3.32. The van der Waals surface area contributed by atoms with Gasteiger partial charge in [-0.05, 0) is 40.5 Å². The van der Waals surface area contributed by atoms with Crippen LogP contribution in [0.3, 0.4) is 0 Å². The van der Waals surface area contributed by atoms with Gasteiger partial charge in [0.05, 0.1) is 5.02 Å². The first kappa shape index (κ1) is 15.3. The lowest BCUT2D eigenvalue weighted by Crippen LogP contribution is -2.25. The number of halogens is 5. The van der Waals surface area contributed by atoms with Crippen molar-refractivity contribution in [3.05, 3.63) is 33.3 Å². The number of amides is 1. The molecule has 100 valence electrons. The maximum atomic E-state index is 11.9. The Morgan fingerprint density at radius 3 is 2.61 bits per heavy atom. The van der Waals surface area contributed by atoms with Crippen LogP contribution in [0.5, 0.6) is 0 Å². The molecule has 1 aromatic rings. The molecule has 1 amide bonds. The summed E-state index contributed by atoms with van der Waals surface area (Å²) >= 11 is 8.92. The fourth-order valence-corrected chi connectivity index (χ4v) is 1.73. The Morgan fingerprint density at radius 2 is 2.06 bits per heavy atom. The van der Waals surface area contributed by atoms with Crippen LogP contribution in [0.25, 0.3) is 0 Å².